The van der Waals surface area contributed by atoms with Crippen LogP contribution in [0.3, 0.4) is 0 Å². The Morgan fingerprint density at radius 1 is 1.50 bits per heavy atom. The normalized spacial score (nSPS) is 31.6. The van der Waals surface area contributed by atoms with Gasteiger partial charge in [0.2, 0.25) is 0 Å². The summed E-state index contributed by atoms with van der Waals surface area (Å²) in [5, 5.41) is 6.58. The van der Waals surface area contributed by atoms with Gasteiger partial charge in [-0.2, -0.15) is 11.8 Å². The third-order valence-corrected chi connectivity index (χ3v) is 5.21. The molecule has 1 aromatic rings. The molecule has 2 rings (SSSR count). The van der Waals surface area contributed by atoms with E-state index in [4.69, 9.17) is 0 Å². The Balaban J connectivity index is 2.17. The molecule has 1 aromatic heterocycles. The van der Waals surface area contributed by atoms with Crippen molar-refractivity contribution in [3.8, 4) is 0 Å². The molecule has 1 aliphatic heterocycles. The first-order valence-corrected chi connectivity index (χ1v) is 6.94. The molecule has 1 nitrogen and oxygen atoms in total. The van der Waals surface area contributed by atoms with Crippen LogP contribution in [0.1, 0.15) is 31.7 Å². The zero-order chi connectivity index (χ0) is 10.2. The van der Waals surface area contributed by atoms with Crippen molar-refractivity contribution in [3.63, 3.8) is 0 Å². The molecular weight excluding hydrogens is 210 g/mol. The van der Waals surface area contributed by atoms with Crippen LogP contribution < -0.4 is 5.32 Å². The van der Waals surface area contributed by atoms with Gasteiger partial charge in [0.25, 0.3) is 0 Å². The molecule has 0 saturated carbocycles. The van der Waals surface area contributed by atoms with Crippen LogP contribution >= 0.6 is 23.1 Å². The lowest BCUT2D eigenvalue weighted by atomic mass is 10.0. The van der Waals surface area contributed by atoms with Gasteiger partial charge in [0, 0.05) is 21.4 Å². The first-order valence-electron chi connectivity index (χ1n) is 5.01. The average molecular weight is 227 g/mol. The van der Waals surface area contributed by atoms with Gasteiger partial charge >= 0.3 is 0 Å². The molecule has 1 fully saturated rings. The molecule has 1 saturated heterocycles. The number of hydrogen-bond acceptors (Lipinski definition) is 3. The van der Waals surface area contributed by atoms with E-state index in [1.807, 2.05) is 11.3 Å². The van der Waals surface area contributed by atoms with Gasteiger partial charge in [0.1, 0.15) is 0 Å². The minimum absolute atomic E-state index is 0.270. The summed E-state index contributed by atoms with van der Waals surface area (Å²) in [4.78, 5) is 1.47. The summed E-state index contributed by atoms with van der Waals surface area (Å²) >= 11 is 3.93. The molecule has 2 atom stereocenters. The molecule has 0 amide bonds. The van der Waals surface area contributed by atoms with Gasteiger partial charge in [-0.05, 0) is 25.3 Å². The van der Waals surface area contributed by atoms with Crippen molar-refractivity contribution in [2.75, 3.05) is 5.75 Å². The number of thiophene rings is 1. The largest absolute Gasteiger partial charge is 0.302 e. The zero-order valence-corrected chi connectivity index (χ0v) is 10.5. The molecule has 0 bridgehead atoms. The Hall–Kier alpha value is 0.01000. The van der Waals surface area contributed by atoms with Crippen LogP contribution in [0.5, 0.6) is 0 Å². The van der Waals surface area contributed by atoms with Gasteiger partial charge in [-0.25, -0.2) is 0 Å². The van der Waals surface area contributed by atoms with Crippen molar-refractivity contribution < 1.29 is 0 Å². The smallest absolute Gasteiger partial charge is 0.0536 e. The van der Waals surface area contributed by atoms with E-state index in [2.05, 4.69) is 55.4 Å². The highest BCUT2D eigenvalue weighted by Gasteiger charge is 2.33. The van der Waals surface area contributed by atoms with E-state index < -0.39 is 0 Å². The summed E-state index contributed by atoms with van der Waals surface area (Å²) in [6.07, 6.45) is 0. The van der Waals surface area contributed by atoms with Crippen molar-refractivity contribution in [2.24, 2.45) is 0 Å². The average Bonchev–Trinajstić information content (AvgIpc) is 2.62. The molecule has 2 heterocycles. The maximum atomic E-state index is 3.73. The molecule has 0 radical (unpaired) electrons. The van der Waals surface area contributed by atoms with Crippen LogP contribution in [0.4, 0.5) is 0 Å². The van der Waals surface area contributed by atoms with Crippen LogP contribution in [-0.4, -0.2) is 16.5 Å². The summed E-state index contributed by atoms with van der Waals surface area (Å²) in [7, 11) is 0. The molecular formula is C11H17NS2. The second kappa shape index (κ2) is 3.87. The van der Waals surface area contributed by atoms with Crippen LogP contribution in [0, 0.1) is 0 Å². The Bertz CT molecular complexity index is 292. The zero-order valence-electron chi connectivity index (χ0n) is 8.91. The lowest BCUT2D eigenvalue weighted by Gasteiger charge is -2.40. The lowest BCUT2D eigenvalue weighted by Crippen LogP contribution is -2.50. The Labute approximate surface area is 94.3 Å². The highest BCUT2D eigenvalue weighted by atomic mass is 32.2. The highest BCUT2D eigenvalue weighted by molar-refractivity contribution is 8.00. The number of hydrogen-bond donors (Lipinski definition) is 1. The number of thioether (sulfide) groups is 1. The molecule has 0 spiro atoms. The molecule has 2 unspecified atom stereocenters. The third-order valence-electron chi connectivity index (χ3n) is 2.57. The van der Waals surface area contributed by atoms with Gasteiger partial charge in [-0.15, -0.1) is 11.3 Å². The van der Waals surface area contributed by atoms with Crippen molar-refractivity contribution in [2.45, 2.75) is 37.6 Å². The maximum absolute atomic E-state index is 3.73. The van der Waals surface area contributed by atoms with Crippen molar-refractivity contribution in [1.29, 1.82) is 0 Å². The minimum Gasteiger partial charge on any atom is -0.302 e. The predicted molar refractivity (Wildman–Crippen MR) is 66.2 cm³/mol. The van der Waals surface area contributed by atoms with Crippen LogP contribution in [0.25, 0.3) is 0 Å². The molecule has 1 N–H and O–H groups in total. The van der Waals surface area contributed by atoms with E-state index in [-0.39, 0.29) is 5.54 Å². The quantitative estimate of drug-likeness (QED) is 0.790. The van der Waals surface area contributed by atoms with Crippen LogP contribution in [-0.2, 0) is 0 Å². The fourth-order valence-corrected chi connectivity index (χ4v) is 3.92. The Kier molecular flexibility index (Phi) is 2.91. The van der Waals surface area contributed by atoms with Gasteiger partial charge in [0.15, 0.2) is 0 Å². The fraction of sp³-hybridized carbons (Fsp3) is 0.636. The second-order valence-corrected chi connectivity index (χ2v) is 6.88. The van der Waals surface area contributed by atoms with Gasteiger partial charge in [-0.3, -0.25) is 0 Å². The Morgan fingerprint density at radius 3 is 2.93 bits per heavy atom. The summed E-state index contributed by atoms with van der Waals surface area (Å²) in [5.41, 5.74) is 0.270. The summed E-state index contributed by atoms with van der Waals surface area (Å²) in [6.45, 7) is 6.89. The molecule has 3 heteroatoms. The second-order valence-electron chi connectivity index (χ2n) is 4.54. The van der Waals surface area contributed by atoms with Crippen LogP contribution in [0.2, 0.25) is 0 Å². The lowest BCUT2D eigenvalue weighted by molar-refractivity contribution is 0.356. The predicted octanol–water partition coefficient (Wildman–Crippen LogP) is 3.29. The van der Waals surface area contributed by atoms with E-state index in [0.717, 1.165) is 0 Å². The fourth-order valence-electron chi connectivity index (χ4n) is 1.79. The maximum Gasteiger partial charge on any atom is 0.0536 e. The summed E-state index contributed by atoms with van der Waals surface area (Å²) in [6, 6.07) is 4.91. The van der Waals surface area contributed by atoms with E-state index in [0.29, 0.717) is 11.3 Å². The van der Waals surface area contributed by atoms with Crippen molar-refractivity contribution >= 4 is 23.1 Å². The van der Waals surface area contributed by atoms with Gasteiger partial charge in [0.05, 0.1) is 6.04 Å². The number of nitrogens with one attached hydrogen (secondary N) is 1. The SMILES string of the molecule is CC1SCC(C)(C)NC1c1cccs1. The van der Waals surface area contributed by atoms with E-state index in [1.54, 1.807) is 0 Å². The minimum atomic E-state index is 0.270. The highest BCUT2D eigenvalue weighted by Crippen LogP contribution is 2.36. The van der Waals surface area contributed by atoms with Gasteiger partial charge in [-0.1, -0.05) is 13.0 Å². The van der Waals surface area contributed by atoms with E-state index >= 15 is 0 Å². The topological polar surface area (TPSA) is 12.0 Å². The van der Waals surface area contributed by atoms with Crippen molar-refractivity contribution in [3.05, 3.63) is 22.4 Å². The summed E-state index contributed by atoms with van der Waals surface area (Å²) in [5.74, 6) is 1.20. The molecule has 14 heavy (non-hydrogen) atoms. The number of rotatable bonds is 1. The third kappa shape index (κ3) is 2.15. The van der Waals surface area contributed by atoms with Crippen LogP contribution in [0.15, 0.2) is 17.5 Å². The van der Waals surface area contributed by atoms with E-state index in [1.165, 1.54) is 10.6 Å². The first kappa shape index (κ1) is 10.5. The molecule has 78 valence electrons. The molecule has 0 aliphatic carbocycles. The molecule has 1 aliphatic rings. The van der Waals surface area contributed by atoms with Crippen molar-refractivity contribution in [1.82, 2.24) is 5.32 Å². The summed E-state index contributed by atoms with van der Waals surface area (Å²) < 4.78 is 0. The molecule has 0 aromatic carbocycles. The standard InChI is InChI=1S/C11H17NS2/c1-8-10(9-5-4-6-13-9)12-11(2,3)7-14-8/h4-6,8,10,12H,7H2,1-3H3. The first-order chi connectivity index (χ1) is 6.58. The van der Waals surface area contributed by atoms with E-state index in [9.17, 15) is 0 Å². The Morgan fingerprint density at radius 2 is 2.29 bits per heavy atom. The van der Waals surface area contributed by atoms with Gasteiger partial charge < -0.3 is 5.32 Å². The monoisotopic (exact) mass is 227 g/mol.